The second kappa shape index (κ2) is 4.39. The lowest BCUT2D eigenvalue weighted by Crippen LogP contribution is -2.17. The third-order valence-electron chi connectivity index (χ3n) is 3.95. The standard InChI is InChI=1S/C15H21N3/c1-10(2)11-6-4-7-12-14(11)18(3)15(17-12)13-8-5-9-16-13/h4,6-7,10,13,16H,5,8-9H2,1-3H3. The van der Waals surface area contributed by atoms with E-state index in [1.54, 1.807) is 0 Å². The Morgan fingerprint density at radius 2 is 2.22 bits per heavy atom. The number of imidazole rings is 1. The largest absolute Gasteiger partial charge is 0.330 e. The van der Waals surface area contributed by atoms with E-state index in [0.717, 1.165) is 12.1 Å². The molecule has 1 unspecified atom stereocenters. The van der Waals surface area contributed by atoms with Crippen LogP contribution in [0.25, 0.3) is 11.0 Å². The van der Waals surface area contributed by atoms with Crippen molar-refractivity contribution < 1.29 is 0 Å². The van der Waals surface area contributed by atoms with Gasteiger partial charge in [-0.15, -0.1) is 0 Å². The van der Waals surface area contributed by atoms with E-state index >= 15 is 0 Å². The molecule has 0 aliphatic carbocycles. The SMILES string of the molecule is CC(C)c1cccc2nc(C3CCCN3)n(C)c12. The molecule has 3 nitrogen and oxygen atoms in total. The van der Waals surface area contributed by atoms with Crippen molar-refractivity contribution >= 4 is 11.0 Å². The number of nitrogens with zero attached hydrogens (tertiary/aromatic N) is 2. The second-order valence-electron chi connectivity index (χ2n) is 5.55. The molecule has 0 bridgehead atoms. The number of fused-ring (bicyclic) bond motifs is 1. The lowest BCUT2D eigenvalue weighted by Gasteiger charge is -2.12. The van der Waals surface area contributed by atoms with Crippen LogP contribution in [0, 0.1) is 0 Å². The van der Waals surface area contributed by atoms with Crippen molar-refractivity contribution in [3.8, 4) is 0 Å². The highest BCUT2D eigenvalue weighted by Crippen LogP contribution is 2.29. The first-order chi connectivity index (χ1) is 8.68. The fourth-order valence-corrected chi connectivity index (χ4v) is 3.00. The van der Waals surface area contributed by atoms with E-state index in [4.69, 9.17) is 4.98 Å². The summed E-state index contributed by atoms with van der Waals surface area (Å²) in [5.74, 6) is 1.73. The fourth-order valence-electron chi connectivity index (χ4n) is 3.00. The van der Waals surface area contributed by atoms with Gasteiger partial charge in [0.15, 0.2) is 0 Å². The highest BCUT2D eigenvalue weighted by molar-refractivity contribution is 5.80. The molecule has 1 aliphatic rings. The molecule has 0 spiro atoms. The summed E-state index contributed by atoms with van der Waals surface area (Å²) in [6.07, 6.45) is 2.46. The van der Waals surface area contributed by atoms with Crippen molar-refractivity contribution in [3.63, 3.8) is 0 Å². The normalized spacial score (nSPS) is 20.1. The van der Waals surface area contributed by atoms with Gasteiger partial charge < -0.3 is 9.88 Å². The number of hydrogen-bond donors (Lipinski definition) is 1. The minimum Gasteiger partial charge on any atom is -0.330 e. The van der Waals surface area contributed by atoms with Gasteiger partial charge in [-0.2, -0.15) is 0 Å². The Hall–Kier alpha value is -1.35. The topological polar surface area (TPSA) is 29.9 Å². The second-order valence-corrected chi connectivity index (χ2v) is 5.55. The Bertz CT molecular complexity index is 562. The average Bonchev–Trinajstić information content (AvgIpc) is 2.97. The van der Waals surface area contributed by atoms with E-state index in [1.165, 1.54) is 29.7 Å². The van der Waals surface area contributed by atoms with E-state index in [0.29, 0.717) is 12.0 Å². The maximum atomic E-state index is 4.84. The number of nitrogens with one attached hydrogen (secondary N) is 1. The van der Waals surface area contributed by atoms with Gasteiger partial charge in [0.1, 0.15) is 5.82 Å². The molecular weight excluding hydrogens is 222 g/mol. The summed E-state index contributed by atoms with van der Waals surface area (Å²) >= 11 is 0. The summed E-state index contributed by atoms with van der Waals surface area (Å²) in [5.41, 5.74) is 3.83. The molecule has 0 radical (unpaired) electrons. The molecule has 0 amide bonds. The molecular formula is C15H21N3. The van der Waals surface area contributed by atoms with Crippen LogP contribution in [0.5, 0.6) is 0 Å². The molecule has 1 saturated heterocycles. The van der Waals surface area contributed by atoms with Gasteiger partial charge >= 0.3 is 0 Å². The summed E-state index contributed by atoms with van der Waals surface area (Å²) < 4.78 is 2.29. The Balaban J connectivity index is 2.18. The van der Waals surface area contributed by atoms with Crippen molar-refractivity contribution in [2.24, 2.45) is 7.05 Å². The lowest BCUT2D eigenvalue weighted by molar-refractivity contribution is 0.584. The molecule has 18 heavy (non-hydrogen) atoms. The predicted molar refractivity (Wildman–Crippen MR) is 74.8 cm³/mol. The van der Waals surface area contributed by atoms with Crippen molar-refractivity contribution in [1.82, 2.24) is 14.9 Å². The number of rotatable bonds is 2. The van der Waals surface area contributed by atoms with Crippen LogP contribution in [0.1, 0.15) is 50.0 Å². The Morgan fingerprint density at radius 1 is 1.39 bits per heavy atom. The van der Waals surface area contributed by atoms with Crippen LogP contribution in [-0.2, 0) is 7.05 Å². The Labute approximate surface area is 108 Å². The van der Waals surface area contributed by atoms with Crippen molar-refractivity contribution in [2.45, 2.75) is 38.6 Å². The molecule has 96 valence electrons. The number of aromatic nitrogens is 2. The summed E-state index contributed by atoms with van der Waals surface area (Å²) in [6, 6.07) is 6.90. The van der Waals surface area contributed by atoms with Gasteiger partial charge in [0.05, 0.1) is 17.1 Å². The summed E-state index contributed by atoms with van der Waals surface area (Å²) in [5, 5.41) is 3.54. The summed E-state index contributed by atoms with van der Waals surface area (Å²) in [7, 11) is 2.15. The minimum absolute atomic E-state index is 0.433. The summed E-state index contributed by atoms with van der Waals surface area (Å²) in [6.45, 7) is 5.61. The molecule has 3 heteroatoms. The van der Waals surface area contributed by atoms with Gasteiger partial charge in [-0.25, -0.2) is 4.98 Å². The van der Waals surface area contributed by atoms with Gasteiger partial charge in [0.2, 0.25) is 0 Å². The molecule has 0 saturated carbocycles. The molecule has 3 rings (SSSR count). The van der Waals surface area contributed by atoms with Gasteiger partial charge in [-0.3, -0.25) is 0 Å². The zero-order valence-electron chi connectivity index (χ0n) is 11.4. The first kappa shape index (κ1) is 11.7. The van der Waals surface area contributed by atoms with Crippen LogP contribution in [0.2, 0.25) is 0 Å². The molecule has 1 aromatic heterocycles. The molecule has 1 aliphatic heterocycles. The zero-order valence-corrected chi connectivity index (χ0v) is 11.4. The Kier molecular flexibility index (Phi) is 2.86. The quantitative estimate of drug-likeness (QED) is 0.878. The van der Waals surface area contributed by atoms with Crippen LogP contribution >= 0.6 is 0 Å². The number of hydrogen-bond acceptors (Lipinski definition) is 2. The van der Waals surface area contributed by atoms with Crippen molar-refractivity contribution in [2.75, 3.05) is 6.54 Å². The average molecular weight is 243 g/mol. The van der Waals surface area contributed by atoms with E-state index in [2.05, 4.69) is 49.0 Å². The van der Waals surface area contributed by atoms with Crippen LogP contribution in [0.4, 0.5) is 0 Å². The summed E-state index contributed by atoms with van der Waals surface area (Å²) in [4.78, 5) is 4.84. The van der Waals surface area contributed by atoms with Gasteiger partial charge in [0.25, 0.3) is 0 Å². The molecule has 1 atom stereocenters. The third-order valence-corrected chi connectivity index (χ3v) is 3.95. The molecule has 1 N–H and O–H groups in total. The predicted octanol–water partition coefficient (Wildman–Crippen LogP) is 3.12. The molecule has 1 aromatic carbocycles. The number of aryl methyl sites for hydroxylation is 1. The van der Waals surface area contributed by atoms with Crippen LogP contribution in [0.15, 0.2) is 18.2 Å². The maximum Gasteiger partial charge on any atom is 0.126 e. The smallest absolute Gasteiger partial charge is 0.126 e. The highest BCUT2D eigenvalue weighted by Gasteiger charge is 2.22. The van der Waals surface area contributed by atoms with E-state index in [9.17, 15) is 0 Å². The third kappa shape index (κ3) is 1.74. The van der Waals surface area contributed by atoms with Gasteiger partial charge in [-0.05, 0) is 36.9 Å². The number of para-hydroxylation sites is 1. The lowest BCUT2D eigenvalue weighted by atomic mass is 10.0. The highest BCUT2D eigenvalue weighted by atomic mass is 15.1. The first-order valence-electron chi connectivity index (χ1n) is 6.87. The zero-order chi connectivity index (χ0) is 12.7. The van der Waals surface area contributed by atoms with Crippen molar-refractivity contribution in [1.29, 1.82) is 0 Å². The number of benzene rings is 1. The first-order valence-corrected chi connectivity index (χ1v) is 6.87. The van der Waals surface area contributed by atoms with Crippen molar-refractivity contribution in [3.05, 3.63) is 29.6 Å². The molecule has 1 fully saturated rings. The van der Waals surface area contributed by atoms with E-state index in [-0.39, 0.29) is 0 Å². The van der Waals surface area contributed by atoms with E-state index in [1.807, 2.05) is 0 Å². The van der Waals surface area contributed by atoms with Crippen LogP contribution < -0.4 is 5.32 Å². The monoisotopic (exact) mass is 243 g/mol. The van der Waals surface area contributed by atoms with E-state index < -0.39 is 0 Å². The maximum absolute atomic E-state index is 4.84. The molecule has 2 heterocycles. The van der Waals surface area contributed by atoms with Gasteiger partial charge in [0, 0.05) is 7.05 Å². The van der Waals surface area contributed by atoms with Crippen LogP contribution in [-0.4, -0.2) is 16.1 Å². The Morgan fingerprint density at radius 3 is 2.89 bits per heavy atom. The van der Waals surface area contributed by atoms with Crippen LogP contribution in [0.3, 0.4) is 0 Å². The minimum atomic E-state index is 0.433. The molecule has 2 aromatic rings. The van der Waals surface area contributed by atoms with Gasteiger partial charge in [-0.1, -0.05) is 26.0 Å². The fraction of sp³-hybridized carbons (Fsp3) is 0.533.